The average Bonchev–Trinajstić information content (AvgIpc) is 2.26. The molecular weight excluding hydrogens is 244 g/mol. The van der Waals surface area contributed by atoms with Gasteiger partial charge in [-0.1, -0.05) is 15.9 Å². The first kappa shape index (κ1) is 11.2. The molecule has 0 aromatic carbocycles. The maximum absolute atomic E-state index is 11.4. The Morgan fingerprint density at radius 2 is 2.14 bits per heavy atom. The molecule has 0 unspecified atom stereocenters. The van der Waals surface area contributed by atoms with Gasteiger partial charge in [0.05, 0.1) is 5.33 Å². The van der Waals surface area contributed by atoms with Crippen molar-refractivity contribution in [2.24, 2.45) is 0 Å². The van der Waals surface area contributed by atoms with E-state index in [2.05, 4.69) is 20.9 Å². The van der Waals surface area contributed by atoms with E-state index < -0.39 is 0 Å². The van der Waals surface area contributed by atoms with Gasteiger partial charge in [0, 0.05) is 25.5 Å². The standard InChI is InChI=1S/C10H13BrN2O/c1-2-13(10(14)7-11)8-9-3-5-12-6-4-9/h3-6H,2,7-8H2,1H3. The van der Waals surface area contributed by atoms with Crippen molar-refractivity contribution >= 4 is 21.8 Å². The van der Waals surface area contributed by atoms with Crippen molar-refractivity contribution in [3.63, 3.8) is 0 Å². The van der Waals surface area contributed by atoms with Crippen LogP contribution in [0.3, 0.4) is 0 Å². The largest absolute Gasteiger partial charge is 0.338 e. The molecule has 1 aromatic heterocycles. The highest BCUT2D eigenvalue weighted by Gasteiger charge is 2.09. The van der Waals surface area contributed by atoms with Crippen molar-refractivity contribution < 1.29 is 4.79 Å². The summed E-state index contributed by atoms with van der Waals surface area (Å²) >= 11 is 3.17. The molecule has 1 aromatic rings. The molecule has 4 heteroatoms. The Kier molecular flexibility index (Phi) is 4.59. The van der Waals surface area contributed by atoms with Crippen LogP contribution in [0.25, 0.3) is 0 Å². The molecule has 76 valence electrons. The number of hydrogen-bond acceptors (Lipinski definition) is 2. The molecule has 0 N–H and O–H groups in total. The second-order valence-electron chi connectivity index (χ2n) is 2.90. The molecule has 0 saturated heterocycles. The summed E-state index contributed by atoms with van der Waals surface area (Å²) in [5, 5.41) is 0.381. The van der Waals surface area contributed by atoms with E-state index in [1.807, 2.05) is 19.1 Å². The molecule has 3 nitrogen and oxygen atoms in total. The first-order chi connectivity index (χ1) is 6.77. The predicted octanol–water partition coefficient (Wildman–Crippen LogP) is 1.82. The molecule has 0 aliphatic rings. The molecule has 0 aliphatic heterocycles. The van der Waals surface area contributed by atoms with Crippen LogP contribution in [0.1, 0.15) is 12.5 Å². The summed E-state index contributed by atoms with van der Waals surface area (Å²) in [6.45, 7) is 3.36. The Morgan fingerprint density at radius 1 is 1.50 bits per heavy atom. The molecule has 1 heterocycles. The van der Waals surface area contributed by atoms with Crippen molar-refractivity contribution in [2.45, 2.75) is 13.5 Å². The second-order valence-corrected chi connectivity index (χ2v) is 3.46. The van der Waals surface area contributed by atoms with Crippen LogP contribution in [0.2, 0.25) is 0 Å². The zero-order chi connectivity index (χ0) is 10.4. The summed E-state index contributed by atoms with van der Waals surface area (Å²) in [7, 11) is 0. The predicted molar refractivity (Wildman–Crippen MR) is 59.1 cm³/mol. The molecule has 14 heavy (non-hydrogen) atoms. The van der Waals surface area contributed by atoms with Crippen molar-refractivity contribution in [1.82, 2.24) is 9.88 Å². The Balaban J connectivity index is 2.62. The number of hydrogen-bond donors (Lipinski definition) is 0. The number of nitrogens with zero attached hydrogens (tertiary/aromatic N) is 2. The number of halogens is 1. The maximum atomic E-state index is 11.4. The van der Waals surface area contributed by atoms with Gasteiger partial charge in [-0.2, -0.15) is 0 Å². The van der Waals surface area contributed by atoms with Gasteiger partial charge in [0.1, 0.15) is 0 Å². The van der Waals surface area contributed by atoms with Crippen molar-refractivity contribution in [1.29, 1.82) is 0 Å². The van der Waals surface area contributed by atoms with Gasteiger partial charge in [-0.15, -0.1) is 0 Å². The number of aromatic nitrogens is 1. The Labute approximate surface area is 92.3 Å². The molecule has 0 radical (unpaired) electrons. The lowest BCUT2D eigenvalue weighted by molar-refractivity contribution is -0.128. The third-order valence-electron chi connectivity index (χ3n) is 1.97. The van der Waals surface area contributed by atoms with E-state index in [1.165, 1.54) is 0 Å². The lowest BCUT2D eigenvalue weighted by Gasteiger charge is -2.19. The van der Waals surface area contributed by atoms with Gasteiger partial charge in [-0.05, 0) is 24.6 Å². The summed E-state index contributed by atoms with van der Waals surface area (Å²) in [5.41, 5.74) is 1.11. The van der Waals surface area contributed by atoms with E-state index in [1.54, 1.807) is 17.3 Å². The van der Waals surface area contributed by atoms with Crippen LogP contribution in [0.4, 0.5) is 0 Å². The van der Waals surface area contributed by atoms with Crippen LogP contribution in [0.5, 0.6) is 0 Å². The number of pyridine rings is 1. The van der Waals surface area contributed by atoms with Gasteiger partial charge >= 0.3 is 0 Å². The minimum absolute atomic E-state index is 0.115. The monoisotopic (exact) mass is 256 g/mol. The van der Waals surface area contributed by atoms with E-state index in [0.29, 0.717) is 11.9 Å². The quantitative estimate of drug-likeness (QED) is 0.771. The molecular formula is C10H13BrN2O. The van der Waals surface area contributed by atoms with Gasteiger partial charge in [0.15, 0.2) is 0 Å². The topological polar surface area (TPSA) is 33.2 Å². The number of rotatable bonds is 4. The fraction of sp³-hybridized carbons (Fsp3) is 0.400. The summed E-state index contributed by atoms with van der Waals surface area (Å²) < 4.78 is 0. The molecule has 0 spiro atoms. The average molecular weight is 257 g/mol. The summed E-state index contributed by atoms with van der Waals surface area (Å²) in [4.78, 5) is 17.1. The SMILES string of the molecule is CCN(Cc1ccncc1)C(=O)CBr. The number of carbonyl (C=O) groups is 1. The third kappa shape index (κ3) is 3.10. The molecule has 0 fully saturated rings. The molecule has 0 bridgehead atoms. The molecule has 1 rings (SSSR count). The maximum Gasteiger partial charge on any atom is 0.233 e. The van der Waals surface area contributed by atoms with E-state index >= 15 is 0 Å². The first-order valence-corrected chi connectivity index (χ1v) is 5.62. The normalized spacial score (nSPS) is 9.86. The number of alkyl halides is 1. The first-order valence-electron chi connectivity index (χ1n) is 4.50. The molecule has 0 atom stereocenters. The van der Waals surface area contributed by atoms with Crippen molar-refractivity contribution in [2.75, 3.05) is 11.9 Å². The molecule has 1 amide bonds. The van der Waals surface area contributed by atoms with Gasteiger partial charge in [-0.3, -0.25) is 9.78 Å². The van der Waals surface area contributed by atoms with Gasteiger partial charge < -0.3 is 4.90 Å². The van der Waals surface area contributed by atoms with Crippen LogP contribution < -0.4 is 0 Å². The van der Waals surface area contributed by atoms with Gasteiger partial charge in [0.25, 0.3) is 0 Å². The Morgan fingerprint density at radius 3 is 2.64 bits per heavy atom. The van der Waals surface area contributed by atoms with Crippen molar-refractivity contribution in [3.05, 3.63) is 30.1 Å². The van der Waals surface area contributed by atoms with Crippen LogP contribution in [-0.4, -0.2) is 27.7 Å². The fourth-order valence-electron chi connectivity index (χ4n) is 1.17. The van der Waals surface area contributed by atoms with Crippen LogP contribution in [-0.2, 0) is 11.3 Å². The molecule has 0 saturated carbocycles. The highest BCUT2D eigenvalue weighted by Crippen LogP contribution is 2.04. The highest BCUT2D eigenvalue weighted by molar-refractivity contribution is 9.09. The van der Waals surface area contributed by atoms with E-state index in [9.17, 15) is 4.79 Å². The van der Waals surface area contributed by atoms with Crippen LogP contribution >= 0.6 is 15.9 Å². The fourth-order valence-corrected chi connectivity index (χ4v) is 1.52. The Hall–Kier alpha value is -0.900. The second kappa shape index (κ2) is 5.75. The van der Waals surface area contributed by atoms with Gasteiger partial charge in [0.2, 0.25) is 5.91 Å². The van der Waals surface area contributed by atoms with Gasteiger partial charge in [-0.25, -0.2) is 0 Å². The minimum atomic E-state index is 0.115. The van der Waals surface area contributed by atoms with Crippen molar-refractivity contribution in [3.8, 4) is 0 Å². The van der Waals surface area contributed by atoms with E-state index in [4.69, 9.17) is 0 Å². The minimum Gasteiger partial charge on any atom is -0.338 e. The van der Waals surface area contributed by atoms with Crippen LogP contribution in [0.15, 0.2) is 24.5 Å². The lowest BCUT2D eigenvalue weighted by Crippen LogP contribution is -2.31. The summed E-state index contributed by atoms with van der Waals surface area (Å²) in [6.07, 6.45) is 3.48. The van der Waals surface area contributed by atoms with E-state index in [-0.39, 0.29) is 5.91 Å². The number of carbonyl (C=O) groups excluding carboxylic acids is 1. The van der Waals surface area contributed by atoms with E-state index in [0.717, 1.165) is 12.1 Å². The zero-order valence-corrected chi connectivity index (χ0v) is 9.70. The zero-order valence-electron chi connectivity index (χ0n) is 8.11. The lowest BCUT2D eigenvalue weighted by atomic mass is 10.2. The van der Waals surface area contributed by atoms with Crippen LogP contribution in [0, 0.1) is 0 Å². The molecule has 0 aliphatic carbocycles. The summed E-state index contributed by atoms with van der Waals surface area (Å²) in [6, 6.07) is 3.84. The highest BCUT2D eigenvalue weighted by atomic mass is 79.9. The number of amides is 1. The smallest absolute Gasteiger partial charge is 0.233 e. The summed E-state index contributed by atoms with van der Waals surface area (Å²) in [5.74, 6) is 0.115. The Bertz CT molecular complexity index is 289. The third-order valence-corrected chi connectivity index (χ3v) is 2.45.